The summed E-state index contributed by atoms with van der Waals surface area (Å²) in [6, 6.07) is 15.6. The number of aryl methyl sites for hydroxylation is 1. The van der Waals surface area contributed by atoms with Crippen molar-refractivity contribution in [1.29, 1.82) is 0 Å². The highest BCUT2D eigenvalue weighted by molar-refractivity contribution is 6.02. The third kappa shape index (κ3) is 4.02. The fraction of sp³-hybridized carbons (Fsp3) is 0.385. The van der Waals surface area contributed by atoms with Gasteiger partial charge in [0.2, 0.25) is 5.91 Å². The Hall–Kier alpha value is -3.12. The SMILES string of the molecule is Cc1c([C@@H]2c3ccccc3C(=O)N2CC(=O)NCCCOC(C)C)c2ccccc2n1C. The van der Waals surface area contributed by atoms with Gasteiger partial charge in [-0.25, -0.2) is 0 Å². The van der Waals surface area contributed by atoms with Gasteiger partial charge in [-0.2, -0.15) is 0 Å². The van der Waals surface area contributed by atoms with E-state index in [-0.39, 0.29) is 30.5 Å². The summed E-state index contributed by atoms with van der Waals surface area (Å²) in [4.78, 5) is 27.8. The number of hydrogen-bond donors (Lipinski definition) is 1. The molecule has 2 heterocycles. The van der Waals surface area contributed by atoms with Gasteiger partial charge in [0.1, 0.15) is 6.54 Å². The maximum absolute atomic E-state index is 13.3. The quantitative estimate of drug-likeness (QED) is 0.547. The molecule has 1 aliphatic rings. The van der Waals surface area contributed by atoms with E-state index in [4.69, 9.17) is 4.74 Å². The minimum Gasteiger partial charge on any atom is -0.379 e. The first-order chi connectivity index (χ1) is 15.4. The second-order valence-corrected chi connectivity index (χ2v) is 8.62. The van der Waals surface area contributed by atoms with Crippen LogP contribution in [0.4, 0.5) is 0 Å². The summed E-state index contributed by atoms with van der Waals surface area (Å²) in [5, 5.41) is 4.05. The van der Waals surface area contributed by atoms with Gasteiger partial charge < -0.3 is 19.5 Å². The van der Waals surface area contributed by atoms with Crippen molar-refractivity contribution in [2.45, 2.75) is 39.3 Å². The van der Waals surface area contributed by atoms with Crippen molar-refractivity contribution in [3.63, 3.8) is 0 Å². The van der Waals surface area contributed by atoms with Crippen molar-refractivity contribution in [1.82, 2.24) is 14.8 Å². The van der Waals surface area contributed by atoms with Gasteiger partial charge in [0.15, 0.2) is 0 Å². The van der Waals surface area contributed by atoms with Crippen LogP contribution in [0.25, 0.3) is 10.9 Å². The number of aromatic nitrogens is 1. The van der Waals surface area contributed by atoms with E-state index < -0.39 is 0 Å². The van der Waals surface area contributed by atoms with Gasteiger partial charge in [-0.1, -0.05) is 36.4 Å². The highest BCUT2D eigenvalue weighted by Gasteiger charge is 2.40. The summed E-state index contributed by atoms with van der Waals surface area (Å²) in [5.41, 5.74) is 4.92. The normalized spacial score (nSPS) is 15.6. The molecule has 2 aromatic carbocycles. The fourth-order valence-electron chi connectivity index (χ4n) is 4.57. The van der Waals surface area contributed by atoms with Crippen LogP contribution in [-0.4, -0.2) is 47.1 Å². The van der Waals surface area contributed by atoms with Gasteiger partial charge in [-0.05, 0) is 44.9 Å². The monoisotopic (exact) mass is 433 g/mol. The minimum absolute atomic E-state index is 0.0197. The van der Waals surface area contributed by atoms with Crippen molar-refractivity contribution in [3.05, 3.63) is 70.9 Å². The van der Waals surface area contributed by atoms with E-state index in [0.717, 1.165) is 34.1 Å². The number of nitrogens with one attached hydrogen (secondary N) is 1. The molecule has 1 N–H and O–H groups in total. The van der Waals surface area contributed by atoms with E-state index in [1.54, 1.807) is 4.90 Å². The lowest BCUT2D eigenvalue weighted by Crippen LogP contribution is -2.40. The molecular weight excluding hydrogens is 402 g/mol. The fourth-order valence-corrected chi connectivity index (χ4v) is 4.57. The molecule has 0 saturated carbocycles. The lowest BCUT2D eigenvalue weighted by atomic mass is 9.95. The molecule has 0 radical (unpaired) electrons. The number of para-hydroxylation sites is 1. The van der Waals surface area contributed by atoms with Crippen LogP contribution in [-0.2, 0) is 16.6 Å². The first-order valence-electron chi connectivity index (χ1n) is 11.2. The Labute approximate surface area is 189 Å². The van der Waals surface area contributed by atoms with E-state index >= 15 is 0 Å². The number of hydrogen-bond acceptors (Lipinski definition) is 3. The second kappa shape index (κ2) is 9.17. The van der Waals surface area contributed by atoms with Crippen molar-refractivity contribution < 1.29 is 14.3 Å². The summed E-state index contributed by atoms with van der Waals surface area (Å²) >= 11 is 0. The van der Waals surface area contributed by atoms with Gasteiger partial charge in [-0.3, -0.25) is 9.59 Å². The van der Waals surface area contributed by atoms with Crippen LogP contribution >= 0.6 is 0 Å². The van der Waals surface area contributed by atoms with Gasteiger partial charge >= 0.3 is 0 Å². The molecular formula is C26H31N3O3. The number of ether oxygens (including phenoxy) is 1. The third-order valence-corrected chi connectivity index (χ3v) is 6.19. The molecule has 0 aliphatic carbocycles. The maximum atomic E-state index is 13.3. The topological polar surface area (TPSA) is 63.6 Å². The molecule has 1 aliphatic heterocycles. The molecule has 6 heteroatoms. The van der Waals surface area contributed by atoms with Crippen molar-refractivity contribution in [2.24, 2.45) is 7.05 Å². The Bertz CT molecular complexity index is 1150. The summed E-state index contributed by atoms with van der Waals surface area (Å²) in [6.45, 7) is 7.21. The number of carbonyl (C=O) groups excluding carboxylic acids is 2. The number of amides is 2. The summed E-state index contributed by atoms with van der Waals surface area (Å²) in [7, 11) is 2.04. The zero-order valence-corrected chi connectivity index (χ0v) is 19.2. The lowest BCUT2D eigenvalue weighted by Gasteiger charge is -2.26. The lowest BCUT2D eigenvalue weighted by molar-refractivity contribution is -0.122. The molecule has 1 aromatic heterocycles. The van der Waals surface area contributed by atoms with E-state index in [9.17, 15) is 9.59 Å². The molecule has 168 valence electrons. The van der Waals surface area contributed by atoms with E-state index in [0.29, 0.717) is 18.7 Å². The summed E-state index contributed by atoms with van der Waals surface area (Å²) in [5.74, 6) is -0.255. The Morgan fingerprint density at radius 2 is 1.84 bits per heavy atom. The average molecular weight is 434 g/mol. The number of rotatable bonds is 8. The van der Waals surface area contributed by atoms with E-state index in [1.807, 2.05) is 57.3 Å². The van der Waals surface area contributed by atoms with E-state index in [1.165, 1.54) is 0 Å². The highest BCUT2D eigenvalue weighted by atomic mass is 16.5. The van der Waals surface area contributed by atoms with Crippen molar-refractivity contribution in [2.75, 3.05) is 19.7 Å². The Morgan fingerprint density at radius 3 is 2.62 bits per heavy atom. The van der Waals surface area contributed by atoms with Crippen LogP contribution < -0.4 is 5.32 Å². The Balaban J connectivity index is 1.62. The van der Waals surface area contributed by atoms with Crippen LogP contribution in [0, 0.1) is 6.92 Å². The molecule has 0 fully saturated rings. The van der Waals surface area contributed by atoms with Crippen LogP contribution in [0.15, 0.2) is 48.5 Å². The molecule has 1 atom stereocenters. The molecule has 2 amide bonds. The Morgan fingerprint density at radius 1 is 1.12 bits per heavy atom. The van der Waals surface area contributed by atoms with Gasteiger partial charge in [0, 0.05) is 47.9 Å². The molecule has 0 unspecified atom stereocenters. The number of carbonyl (C=O) groups is 2. The maximum Gasteiger partial charge on any atom is 0.255 e. The highest BCUT2D eigenvalue weighted by Crippen LogP contribution is 2.43. The predicted molar refractivity (Wildman–Crippen MR) is 126 cm³/mol. The summed E-state index contributed by atoms with van der Waals surface area (Å²) in [6.07, 6.45) is 0.917. The zero-order valence-electron chi connectivity index (χ0n) is 19.2. The molecule has 32 heavy (non-hydrogen) atoms. The van der Waals surface area contributed by atoms with Crippen molar-refractivity contribution >= 4 is 22.7 Å². The van der Waals surface area contributed by atoms with Gasteiger partial charge in [0.25, 0.3) is 5.91 Å². The van der Waals surface area contributed by atoms with Crippen LogP contribution in [0.2, 0.25) is 0 Å². The molecule has 0 spiro atoms. The largest absolute Gasteiger partial charge is 0.379 e. The van der Waals surface area contributed by atoms with Crippen molar-refractivity contribution in [3.8, 4) is 0 Å². The molecule has 6 nitrogen and oxygen atoms in total. The first kappa shape index (κ1) is 22.1. The molecule has 0 bridgehead atoms. The number of nitrogens with zero attached hydrogens (tertiary/aromatic N) is 2. The predicted octanol–water partition coefficient (Wildman–Crippen LogP) is 3.96. The Kier molecular flexibility index (Phi) is 6.33. The van der Waals surface area contributed by atoms with Crippen LogP contribution in [0.1, 0.15) is 53.5 Å². The third-order valence-electron chi connectivity index (χ3n) is 6.19. The van der Waals surface area contributed by atoms with Crippen LogP contribution in [0.3, 0.4) is 0 Å². The molecule has 3 aromatic rings. The zero-order chi connectivity index (χ0) is 22.8. The number of benzene rings is 2. The van der Waals surface area contributed by atoms with E-state index in [2.05, 4.69) is 28.9 Å². The minimum atomic E-state index is -0.292. The smallest absolute Gasteiger partial charge is 0.255 e. The molecule has 0 saturated heterocycles. The number of fused-ring (bicyclic) bond motifs is 2. The molecule has 4 rings (SSSR count). The average Bonchev–Trinajstić information content (AvgIpc) is 3.19. The van der Waals surface area contributed by atoms with Crippen LogP contribution in [0.5, 0.6) is 0 Å². The van der Waals surface area contributed by atoms with Gasteiger partial charge in [-0.15, -0.1) is 0 Å². The standard InChI is InChI=1S/C26H31N3O3/c1-17(2)32-15-9-14-27-23(30)16-29-25(19-10-5-6-11-20(19)26(29)31)24-18(3)28(4)22-13-8-7-12-21(22)24/h5-8,10-13,17,25H,9,14-16H2,1-4H3,(H,27,30)/t25-/m0/s1. The second-order valence-electron chi connectivity index (χ2n) is 8.62. The summed E-state index contributed by atoms with van der Waals surface area (Å²) < 4.78 is 7.69. The van der Waals surface area contributed by atoms with Gasteiger partial charge in [0.05, 0.1) is 12.1 Å². The first-order valence-corrected chi connectivity index (χ1v) is 11.2.